The number of carbonyl (C=O) groups is 1. The molecule has 108 valence electrons. The third-order valence-electron chi connectivity index (χ3n) is 4.94. The molecular formula is C15H26N2O2. The lowest BCUT2D eigenvalue weighted by molar-refractivity contribution is 0.0410. The van der Waals surface area contributed by atoms with Crippen LogP contribution in [0.3, 0.4) is 0 Å². The van der Waals surface area contributed by atoms with E-state index in [-0.39, 0.29) is 6.03 Å². The maximum atomic E-state index is 12.7. The van der Waals surface area contributed by atoms with Crippen LogP contribution in [0.4, 0.5) is 4.79 Å². The van der Waals surface area contributed by atoms with E-state index in [0.717, 1.165) is 26.1 Å². The highest BCUT2D eigenvalue weighted by atomic mass is 16.5. The van der Waals surface area contributed by atoms with Gasteiger partial charge in [0.1, 0.15) is 0 Å². The van der Waals surface area contributed by atoms with Crippen LogP contribution < -0.4 is 0 Å². The van der Waals surface area contributed by atoms with E-state index in [0.29, 0.717) is 30.1 Å². The topological polar surface area (TPSA) is 32.8 Å². The number of likely N-dealkylation sites (tertiary alicyclic amines) is 1. The maximum absolute atomic E-state index is 12.7. The molecule has 2 amide bonds. The van der Waals surface area contributed by atoms with E-state index in [4.69, 9.17) is 4.74 Å². The van der Waals surface area contributed by atoms with E-state index >= 15 is 0 Å². The number of hydrogen-bond acceptors (Lipinski definition) is 2. The second-order valence-electron chi connectivity index (χ2n) is 7.72. The zero-order chi connectivity index (χ0) is 13.7. The van der Waals surface area contributed by atoms with Crippen LogP contribution in [0.15, 0.2) is 0 Å². The van der Waals surface area contributed by atoms with E-state index in [1.165, 1.54) is 12.8 Å². The lowest BCUT2D eigenvalue weighted by Gasteiger charge is -2.40. The van der Waals surface area contributed by atoms with Crippen molar-refractivity contribution in [2.75, 3.05) is 32.8 Å². The molecule has 19 heavy (non-hydrogen) atoms. The standard InChI is InChI=1S/C15H26N2O2/c1-14(2)8-12-9-15(3,10-14)11-17(12)13(18)16-4-6-19-7-5-16/h12H,4-11H2,1-3H3/t12-,15+/m0/s1. The molecule has 0 radical (unpaired) electrons. The number of nitrogens with zero attached hydrogens (tertiary/aromatic N) is 2. The van der Waals surface area contributed by atoms with Gasteiger partial charge in [0.2, 0.25) is 0 Å². The summed E-state index contributed by atoms with van der Waals surface area (Å²) in [5, 5.41) is 0. The Bertz CT molecular complexity index is 376. The Morgan fingerprint density at radius 3 is 2.53 bits per heavy atom. The predicted octanol–water partition coefficient (Wildman–Crippen LogP) is 2.34. The molecule has 4 nitrogen and oxygen atoms in total. The third-order valence-corrected chi connectivity index (χ3v) is 4.94. The summed E-state index contributed by atoms with van der Waals surface area (Å²) >= 11 is 0. The van der Waals surface area contributed by atoms with Crippen molar-refractivity contribution in [1.82, 2.24) is 9.80 Å². The monoisotopic (exact) mass is 266 g/mol. The predicted molar refractivity (Wildman–Crippen MR) is 74.0 cm³/mol. The van der Waals surface area contributed by atoms with Gasteiger partial charge in [-0.25, -0.2) is 4.79 Å². The van der Waals surface area contributed by atoms with Crippen LogP contribution in [-0.4, -0.2) is 54.7 Å². The Balaban J connectivity index is 1.74. The zero-order valence-electron chi connectivity index (χ0n) is 12.4. The van der Waals surface area contributed by atoms with Gasteiger partial charge in [-0.3, -0.25) is 0 Å². The van der Waals surface area contributed by atoms with Crippen LogP contribution in [0.5, 0.6) is 0 Å². The Hall–Kier alpha value is -0.770. The molecule has 0 aromatic carbocycles. The minimum absolute atomic E-state index is 0.245. The molecule has 2 bridgehead atoms. The highest BCUT2D eigenvalue weighted by Gasteiger charge is 2.51. The molecule has 0 aromatic heterocycles. The lowest BCUT2D eigenvalue weighted by atomic mass is 9.65. The van der Waals surface area contributed by atoms with Crippen LogP contribution in [0.25, 0.3) is 0 Å². The molecule has 2 heterocycles. The second kappa shape index (κ2) is 4.37. The van der Waals surface area contributed by atoms with Crippen molar-refractivity contribution in [3.8, 4) is 0 Å². The molecule has 1 aliphatic carbocycles. The first-order chi connectivity index (χ1) is 8.89. The summed E-state index contributed by atoms with van der Waals surface area (Å²) in [5.74, 6) is 0. The van der Waals surface area contributed by atoms with E-state index < -0.39 is 0 Å². The second-order valence-corrected chi connectivity index (χ2v) is 7.72. The molecule has 0 N–H and O–H groups in total. The largest absolute Gasteiger partial charge is 0.378 e. The molecule has 0 aromatic rings. The van der Waals surface area contributed by atoms with Gasteiger partial charge in [-0.05, 0) is 30.1 Å². The molecule has 4 heteroatoms. The van der Waals surface area contributed by atoms with Crippen molar-refractivity contribution in [3.63, 3.8) is 0 Å². The first-order valence-electron chi connectivity index (χ1n) is 7.52. The minimum atomic E-state index is 0.245. The van der Waals surface area contributed by atoms with Gasteiger partial charge >= 0.3 is 6.03 Å². The van der Waals surface area contributed by atoms with Gasteiger partial charge in [-0.1, -0.05) is 20.8 Å². The number of morpholine rings is 1. The van der Waals surface area contributed by atoms with Gasteiger partial charge in [0.15, 0.2) is 0 Å². The summed E-state index contributed by atoms with van der Waals surface area (Å²) in [6.45, 7) is 10.9. The maximum Gasteiger partial charge on any atom is 0.320 e. The number of carbonyl (C=O) groups excluding carboxylic acids is 1. The smallest absolute Gasteiger partial charge is 0.320 e. The number of hydrogen-bond donors (Lipinski definition) is 0. The van der Waals surface area contributed by atoms with E-state index in [9.17, 15) is 4.79 Å². The third kappa shape index (κ3) is 2.47. The summed E-state index contributed by atoms with van der Waals surface area (Å²) in [7, 11) is 0. The van der Waals surface area contributed by atoms with Gasteiger partial charge in [-0.2, -0.15) is 0 Å². The summed E-state index contributed by atoms with van der Waals surface area (Å²) in [6, 6.07) is 0.693. The van der Waals surface area contributed by atoms with Gasteiger partial charge in [0, 0.05) is 25.7 Å². The van der Waals surface area contributed by atoms with E-state index in [2.05, 4.69) is 25.7 Å². The fourth-order valence-electron chi connectivity index (χ4n) is 4.62. The average molecular weight is 266 g/mol. The van der Waals surface area contributed by atoms with E-state index in [1.807, 2.05) is 4.90 Å². The Kier molecular flexibility index (Phi) is 3.04. The minimum Gasteiger partial charge on any atom is -0.378 e. The number of fused-ring (bicyclic) bond motifs is 2. The van der Waals surface area contributed by atoms with Crippen molar-refractivity contribution in [2.45, 2.75) is 46.1 Å². The lowest BCUT2D eigenvalue weighted by Crippen LogP contribution is -2.50. The molecule has 2 aliphatic heterocycles. The van der Waals surface area contributed by atoms with E-state index in [1.54, 1.807) is 0 Å². The molecule has 3 aliphatic rings. The molecular weight excluding hydrogens is 240 g/mol. The molecule has 3 rings (SSSR count). The van der Waals surface area contributed by atoms with Gasteiger partial charge in [-0.15, -0.1) is 0 Å². The number of urea groups is 1. The first kappa shape index (κ1) is 13.2. The normalized spacial score (nSPS) is 37.5. The fourth-order valence-corrected chi connectivity index (χ4v) is 4.62. The summed E-state index contributed by atoms with van der Waals surface area (Å²) < 4.78 is 5.34. The quantitative estimate of drug-likeness (QED) is 0.674. The van der Waals surface area contributed by atoms with Gasteiger partial charge < -0.3 is 14.5 Å². The number of ether oxygens (including phenoxy) is 1. The Morgan fingerprint density at radius 2 is 1.84 bits per heavy atom. The van der Waals surface area contributed by atoms with Crippen LogP contribution in [0, 0.1) is 10.8 Å². The molecule has 2 atom stereocenters. The highest BCUT2D eigenvalue weighted by Crippen LogP contribution is 2.52. The Labute approximate surface area is 116 Å². The average Bonchev–Trinajstić information content (AvgIpc) is 2.59. The molecule has 1 saturated carbocycles. The SMILES string of the molecule is CC1(C)C[C@H]2C[C@@](C)(CN2C(=O)N2CCOCC2)C1. The van der Waals surface area contributed by atoms with Crippen molar-refractivity contribution in [2.24, 2.45) is 10.8 Å². The molecule has 3 fully saturated rings. The van der Waals surface area contributed by atoms with Crippen molar-refractivity contribution in [3.05, 3.63) is 0 Å². The molecule has 0 spiro atoms. The van der Waals surface area contributed by atoms with Crippen LogP contribution in [0.1, 0.15) is 40.0 Å². The van der Waals surface area contributed by atoms with Crippen molar-refractivity contribution < 1.29 is 9.53 Å². The number of rotatable bonds is 0. The zero-order valence-corrected chi connectivity index (χ0v) is 12.4. The highest BCUT2D eigenvalue weighted by molar-refractivity contribution is 5.75. The summed E-state index contributed by atoms with van der Waals surface area (Å²) in [5.41, 5.74) is 0.700. The van der Waals surface area contributed by atoms with Crippen molar-refractivity contribution >= 4 is 6.03 Å². The van der Waals surface area contributed by atoms with Crippen LogP contribution >= 0.6 is 0 Å². The van der Waals surface area contributed by atoms with Crippen LogP contribution in [-0.2, 0) is 4.74 Å². The Morgan fingerprint density at radius 1 is 1.16 bits per heavy atom. The first-order valence-corrected chi connectivity index (χ1v) is 7.52. The summed E-state index contributed by atoms with van der Waals surface area (Å²) in [4.78, 5) is 16.8. The van der Waals surface area contributed by atoms with Crippen LogP contribution in [0.2, 0.25) is 0 Å². The van der Waals surface area contributed by atoms with Crippen molar-refractivity contribution in [1.29, 1.82) is 0 Å². The van der Waals surface area contributed by atoms with Gasteiger partial charge in [0.05, 0.1) is 13.2 Å². The van der Waals surface area contributed by atoms with Gasteiger partial charge in [0.25, 0.3) is 0 Å². The molecule has 0 unspecified atom stereocenters. The number of amides is 2. The summed E-state index contributed by atoms with van der Waals surface area (Å²) in [6.07, 6.45) is 3.58. The fraction of sp³-hybridized carbons (Fsp3) is 0.933. The molecule has 2 saturated heterocycles.